The summed E-state index contributed by atoms with van der Waals surface area (Å²) in [5.74, 6) is 1.02. The van der Waals surface area contributed by atoms with Crippen molar-refractivity contribution in [3.63, 3.8) is 0 Å². The maximum absolute atomic E-state index is 3.32. The van der Waals surface area contributed by atoms with Gasteiger partial charge in [0.05, 0.1) is 0 Å². The molecule has 0 aromatic carbocycles. The van der Waals surface area contributed by atoms with Gasteiger partial charge in [-0.1, -0.05) is 0 Å². The molecule has 0 heterocycles. The Morgan fingerprint density at radius 2 is 2.00 bits per heavy atom. The summed E-state index contributed by atoms with van der Waals surface area (Å²) in [4.78, 5) is 2.27. The van der Waals surface area contributed by atoms with Crippen molar-refractivity contribution in [2.45, 2.75) is 31.7 Å². The van der Waals surface area contributed by atoms with Gasteiger partial charge in [-0.25, -0.2) is 0 Å². The van der Waals surface area contributed by atoms with Gasteiger partial charge < -0.3 is 10.2 Å². The Kier molecular flexibility index (Phi) is 4.02. The lowest BCUT2D eigenvalue weighted by molar-refractivity contribution is 0.210. The Balaban J connectivity index is 1.90. The third-order valence-electron chi connectivity index (χ3n) is 2.86. The second kappa shape index (κ2) is 4.83. The van der Waals surface area contributed by atoms with Gasteiger partial charge in [-0.2, -0.15) is 0 Å². The third kappa shape index (κ3) is 3.11. The highest BCUT2D eigenvalue weighted by molar-refractivity contribution is 4.83. The maximum atomic E-state index is 3.32. The maximum Gasteiger partial charge on any atom is 0.00693 e. The van der Waals surface area contributed by atoms with Crippen molar-refractivity contribution >= 4 is 0 Å². The van der Waals surface area contributed by atoms with Crippen LogP contribution in [0.4, 0.5) is 0 Å². The molecular formula is C10H22N2. The first kappa shape index (κ1) is 10.0. The molecule has 1 aliphatic carbocycles. The van der Waals surface area contributed by atoms with Gasteiger partial charge in [0.15, 0.2) is 0 Å². The van der Waals surface area contributed by atoms with Crippen LogP contribution >= 0.6 is 0 Å². The summed E-state index contributed by atoms with van der Waals surface area (Å²) in [6.07, 6.45) is 5.61. The zero-order valence-electron chi connectivity index (χ0n) is 8.64. The number of nitrogens with one attached hydrogen (secondary N) is 1. The minimum absolute atomic E-state index is 0.828. The van der Waals surface area contributed by atoms with Gasteiger partial charge in [0, 0.05) is 6.04 Å². The molecule has 0 saturated heterocycles. The van der Waals surface area contributed by atoms with Gasteiger partial charge in [-0.3, -0.25) is 0 Å². The molecule has 0 bridgehead atoms. The predicted molar refractivity (Wildman–Crippen MR) is 53.4 cm³/mol. The first-order valence-electron chi connectivity index (χ1n) is 5.04. The van der Waals surface area contributed by atoms with E-state index in [2.05, 4.69) is 31.4 Å². The number of hydrogen-bond acceptors (Lipinski definition) is 2. The van der Waals surface area contributed by atoms with Gasteiger partial charge in [0.1, 0.15) is 0 Å². The van der Waals surface area contributed by atoms with Crippen LogP contribution in [0, 0.1) is 5.92 Å². The fraction of sp³-hybridized carbons (Fsp3) is 1.00. The Hall–Kier alpha value is -0.0800. The molecule has 0 amide bonds. The molecule has 0 radical (unpaired) electrons. The average Bonchev–Trinajstić information content (AvgIpc) is 1.93. The lowest BCUT2D eigenvalue weighted by Gasteiger charge is -2.35. The molecule has 0 aromatic heterocycles. The molecule has 72 valence electrons. The number of nitrogens with zero attached hydrogens (tertiary/aromatic N) is 1. The van der Waals surface area contributed by atoms with Gasteiger partial charge in [0.25, 0.3) is 0 Å². The summed E-state index contributed by atoms with van der Waals surface area (Å²) in [6.45, 7) is 1.25. The first-order valence-corrected chi connectivity index (χ1v) is 5.04. The van der Waals surface area contributed by atoms with Crippen molar-refractivity contribution in [3.05, 3.63) is 0 Å². The van der Waals surface area contributed by atoms with E-state index in [4.69, 9.17) is 0 Å². The van der Waals surface area contributed by atoms with E-state index < -0.39 is 0 Å². The average molecular weight is 170 g/mol. The SMILES string of the molecule is CNC1CC(CCCN(C)C)C1. The van der Waals surface area contributed by atoms with E-state index in [0.717, 1.165) is 12.0 Å². The van der Waals surface area contributed by atoms with Crippen molar-refractivity contribution in [1.29, 1.82) is 0 Å². The van der Waals surface area contributed by atoms with Crippen LogP contribution in [0.25, 0.3) is 0 Å². The van der Waals surface area contributed by atoms with E-state index in [9.17, 15) is 0 Å². The van der Waals surface area contributed by atoms with Crippen LogP contribution in [0.1, 0.15) is 25.7 Å². The van der Waals surface area contributed by atoms with Crippen LogP contribution in [0.5, 0.6) is 0 Å². The largest absolute Gasteiger partial charge is 0.317 e. The lowest BCUT2D eigenvalue weighted by atomic mass is 9.77. The van der Waals surface area contributed by atoms with Crippen LogP contribution in [0.3, 0.4) is 0 Å². The molecule has 1 rings (SSSR count). The summed E-state index contributed by atoms with van der Waals surface area (Å²) >= 11 is 0. The van der Waals surface area contributed by atoms with E-state index >= 15 is 0 Å². The van der Waals surface area contributed by atoms with Gasteiger partial charge >= 0.3 is 0 Å². The molecule has 12 heavy (non-hydrogen) atoms. The Labute approximate surface area is 76.3 Å². The molecule has 0 unspecified atom stereocenters. The summed E-state index contributed by atoms with van der Waals surface area (Å²) in [5, 5.41) is 3.32. The van der Waals surface area contributed by atoms with Crippen molar-refractivity contribution in [2.24, 2.45) is 5.92 Å². The van der Waals surface area contributed by atoms with E-state index in [1.807, 2.05) is 0 Å². The lowest BCUT2D eigenvalue weighted by Crippen LogP contribution is -2.39. The Morgan fingerprint density at radius 1 is 1.33 bits per heavy atom. The normalized spacial score (nSPS) is 29.0. The van der Waals surface area contributed by atoms with Crippen molar-refractivity contribution in [1.82, 2.24) is 10.2 Å². The quantitative estimate of drug-likeness (QED) is 0.669. The minimum atomic E-state index is 0.828. The van der Waals surface area contributed by atoms with Gasteiger partial charge in [-0.05, 0) is 59.3 Å². The zero-order chi connectivity index (χ0) is 8.97. The zero-order valence-corrected chi connectivity index (χ0v) is 8.64. The van der Waals surface area contributed by atoms with Crippen molar-refractivity contribution in [2.75, 3.05) is 27.7 Å². The molecule has 1 aliphatic rings. The molecule has 1 saturated carbocycles. The summed E-state index contributed by atoms with van der Waals surface area (Å²) in [6, 6.07) is 0.828. The molecule has 2 nitrogen and oxygen atoms in total. The second-order valence-electron chi connectivity index (χ2n) is 4.27. The van der Waals surface area contributed by atoms with Crippen molar-refractivity contribution in [3.8, 4) is 0 Å². The fourth-order valence-corrected chi connectivity index (χ4v) is 1.90. The molecular weight excluding hydrogens is 148 g/mol. The van der Waals surface area contributed by atoms with E-state index in [1.54, 1.807) is 0 Å². The predicted octanol–water partition coefficient (Wildman–Crippen LogP) is 1.33. The van der Waals surface area contributed by atoms with E-state index in [0.29, 0.717) is 0 Å². The van der Waals surface area contributed by atoms with Crippen LogP contribution in [-0.4, -0.2) is 38.6 Å². The van der Waals surface area contributed by atoms with Crippen molar-refractivity contribution < 1.29 is 0 Å². The second-order valence-corrected chi connectivity index (χ2v) is 4.27. The highest BCUT2D eigenvalue weighted by atomic mass is 15.0. The van der Waals surface area contributed by atoms with Crippen LogP contribution in [0.2, 0.25) is 0 Å². The summed E-state index contributed by atoms with van der Waals surface area (Å²) in [5.41, 5.74) is 0. The smallest absolute Gasteiger partial charge is 0.00693 e. The Bertz CT molecular complexity index is 117. The monoisotopic (exact) mass is 170 g/mol. The van der Waals surface area contributed by atoms with E-state index in [1.165, 1.54) is 32.2 Å². The molecule has 1 fully saturated rings. The molecule has 0 spiro atoms. The molecule has 2 heteroatoms. The van der Waals surface area contributed by atoms with E-state index in [-0.39, 0.29) is 0 Å². The molecule has 0 aliphatic heterocycles. The topological polar surface area (TPSA) is 15.3 Å². The summed E-state index contributed by atoms with van der Waals surface area (Å²) in [7, 11) is 6.37. The Morgan fingerprint density at radius 3 is 2.50 bits per heavy atom. The standard InChI is InChI=1S/C10H22N2/c1-11-10-7-9(8-10)5-4-6-12(2)3/h9-11H,4-8H2,1-3H3. The third-order valence-corrected chi connectivity index (χ3v) is 2.86. The first-order chi connectivity index (χ1) is 5.72. The number of rotatable bonds is 5. The van der Waals surface area contributed by atoms with Crippen LogP contribution in [-0.2, 0) is 0 Å². The highest BCUT2D eigenvalue weighted by Gasteiger charge is 2.26. The number of hydrogen-bond donors (Lipinski definition) is 1. The van der Waals surface area contributed by atoms with Crippen LogP contribution in [0.15, 0.2) is 0 Å². The highest BCUT2D eigenvalue weighted by Crippen LogP contribution is 2.30. The molecule has 0 atom stereocenters. The van der Waals surface area contributed by atoms with Gasteiger partial charge in [-0.15, -0.1) is 0 Å². The summed E-state index contributed by atoms with van der Waals surface area (Å²) < 4.78 is 0. The minimum Gasteiger partial charge on any atom is -0.317 e. The van der Waals surface area contributed by atoms with Crippen LogP contribution < -0.4 is 5.32 Å². The van der Waals surface area contributed by atoms with Gasteiger partial charge in [0.2, 0.25) is 0 Å². The fourth-order valence-electron chi connectivity index (χ4n) is 1.90. The molecule has 0 aromatic rings. The molecule has 1 N–H and O–H groups in total.